The summed E-state index contributed by atoms with van der Waals surface area (Å²) in [6.45, 7) is 1.81. The number of rotatable bonds is 2. The van der Waals surface area contributed by atoms with Gasteiger partial charge in [-0.1, -0.05) is 26.2 Å². The molecule has 0 radical (unpaired) electrons. The van der Waals surface area contributed by atoms with Crippen molar-refractivity contribution in [3.05, 3.63) is 23.8 Å². The third-order valence-electron chi connectivity index (χ3n) is 4.10. The van der Waals surface area contributed by atoms with E-state index in [0.29, 0.717) is 12.8 Å². The van der Waals surface area contributed by atoms with Gasteiger partial charge in [-0.3, -0.25) is 4.79 Å². The highest BCUT2D eigenvalue weighted by molar-refractivity contribution is 5.96. The van der Waals surface area contributed by atoms with E-state index in [2.05, 4.69) is 5.32 Å². The minimum atomic E-state index is -4.55. The van der Waals surface area contributed by atoms with Crippen LogP contribution in [-0.2, 0) is 11.0 Å². The minimum absolute atomic E-state index is 0.0178. The van der Waals surface area contributed by atoms with Gasteiger partial charge in [0.25, 0.3) is 0 Å². The molecule has 1 amide bonds. The molecule has 0 atom stereocenters. The molecule has 1 aromatic rings. The maximum atomic E-state index is 13.0. The summed E-state index contributed by atoms with van der Waals surface area (Å²) in [5.41, 5.74) is 3.70. The molecular weight excluding hydrogens is 281 g/mol. The van der Waals surface area contributed by atoms with Crippen LogP contribution in [-0.4, -0.2) is 5.91 Å². The highest BCUT2D eigenvalue weighted by Gasteiger charge is 2.38. The standard InChI is InChI=1S/C15H19F3N2O/c1-14(7-3-2-4-8-14)13(21)20-12-6-5-10(19)9-11(12)15(16,17)18/h5-6,9H,2-4,7-8,19H2,1H3,(H,20,21). The number of halogens is 3. The summed E-state index contributed by atoms with van der Waals surface area (Å²) < 4.78 is 39.0. The molecule has 6 heteroatoms. The van der Waals surface area contributed by atoms with Gasteiger partial charge in [-0.2, -0.15) is 13.2 Å². The van der Waals surface area contributed by atoms with Crippen molar-refractivity contribution in [2.75, 3.05) is 11.1 Å². The molecule has 2 rings (SSSR count). The number of anilines is 2. The Kier molecular flexibility index (Phi) is 4.16. The van der Waals surface area contributed by atoms with Crippen LogP contribution in [0.2, 0.25) is 0 Å². The SMILES string of the molecule is CC1(C(=O)Nc2ccc(N)cc2C(F)(F)F)CCCCC1. The van der Waals surface area contributed by atoms with Crippen LogP contribution in [0.3, 0.4) is 0 Å². The van der Waals surface area contributed by atoms with Gasteiger partial charge < -0.3 is 11.1 Å². The Morgan fingerprint density at radius 2 is 1.86 bits per heavy atom. The third-order valence-corrected chi connectivity index (χ3v) is 4.10. The number of hydrogen-bond donors (Lipinski definition) is 2. The van der Waals surface area contributed by atoms with Crippen LogP contribution in [0.4, 0.5) is 24.5 Å². The van der Waals surface area contributed by atoms with Crippen LogP contribution in [0.25, 0.3) is 0 Å². The fourth-order valence-corrected chi connectivity index (χ4v) is 2.74. The second-order valence-electron chi connectivity index (χ2n) is 5.88. The van der Waals surface area contributed by atoms with Crippen LogP contribution in [0, 0.1) is 5.41 Å². The van der Waals surface area contributed by atoms with Gasteiger partial charge in [0, 0.05) is 11.1 Å². The van der Waals surface area contributed by atoms with Crippen LogP contribution >= 0.6 is 0 Å². The zero-order chi connectivity index (χ0) is 15.7. The van der Waals surface area contributed by atoms with E-state index in [-0.39, 0.29) is 17.3 Å². The van der Waals surface area contributed by atoms with Crippen molar-refractivity contribution in [3.8, 4) is 0 Å². The number of carbonyl (C=O) groups is 1. The Morgan fingerprint density at radius 1 is 1.24 bits per heavy atom. The van der Waals surface area contributed by atoms with Crippen LogP contribution < -0.4 is 11.1 Å². The number of nitrogens with two attached hydrogens (primary N) is 1. The third kappa shape index (κ3) is 3.49. The molecule has 116 valence electrons. The molecule has 1 aliphatic rings. The van der Waals surface area contributed by atoms with E-state index < -0.39 is 17.2 Å². The van der Waals surface area contributed by atoms with Gasteiger partial charge in [-0.05, 0) is 31.0 Å². The molecule has 0 saturated heterocycles. The van der Waals surface area contributed by atoms with Crippen molar-refractivity contribution in [2.24, 2.45) is 5.41 Å². The fraction of sp³-hybridized carbons (Fsp3) is 0.533. The van der Waals surface area contributed by atoms with Crippen molar-refractivity contribution < 1.29 is 18.0 Å². The van der Waals surface area contributed by atoms with E-state index in [1.54, 1.807) is 0 Å². The van der Waals surface area contributed by atoms with E-state index in [9.17, 15) is 18.0 Å². The van der Waals surface area contributed by atoms with Crippen LogP contribution in [0.15, 0.2) is 18.2 Å². The Balaban J connectivity index is 2.25. The topological polar surface area (TPSA) is 55.1 Å². The second-order valence-corrected chi connectivity index (χ2v) is 5.88. The molecule has 0 spiro atoms. The Hall–Kier alpha value is -1.72. The molecule has 1 saturated carbocycles. The maximum Gasteiger partial charge on any atom is 0.418 e. The first-order valence-electron chi connectivity index (χ1n) is 7.00. The lowest BCUT2D eigenvalue weighted by molar-refractivity contribution is -0.137. The van der Waals surface area contributed by atoms with Crippen molar-refractivity contribution in [3.63, 3.8) is 0 Å². The van der Waals surface area contributed by atoms with Crippen molar-refractivity contribution >= 4 is 17.3 Å². The molecule has 1 aromatic carbocycles. The van der Waals surface area contributed by atoms with Crippen LogP contribution in [0.1, 0.15) is 44.6 Å². The van der Waals surface area contributed by atoms with Gasteiger partial charge in [0.2, 0.25) is 5.91 Å². The molecule has 0 aromatic heterocycles. The Morgan fingerprint density at radius 3 is 2.43 bits per heavy atom. The maximum absolute atomic E-state index is 13.0. The number of amides is 1. The van der Waals surface area contributed by atoms with E-state index in [1.165, 1.54) is 12.1 Å². The summed E-state index contributed by atoms with van der Waals surface area (Å²) in [6.07, 6.45) is -0.218. The van der Waals surface area contributed by atoms with Crippen LogP contribution in [0.5, 0.6) is 0 Å². The first kappa shape index (κ1) is 15.7. The average Bonchev–Trinajstić information content (AvgIpc) is 2.40. The largest absolute Gasteiger partial charge is 0.418 e. The monoisotopic (exact) mass is 300 g/mol. The first-order chi connectivity index (χ1) is 9.72. The highest BCUT2D eigenvalue weighted by atomic mass is 19.4. The van der Waals surface area contributed by atoms with Crippen molar-refractivity contribution in [1.82, 2.24) is 0 Å². The smallest absolute Gasteiger partial charge is 0.399 e. The van der Waals surface area contributed by atoms with E-state index in [1.807, 2.05) is 6.92 Å². The molecule has 3 N–H and O–H groups in total. The zero-order valence-electron chi connectivity index (χ0n) is 11.9. The second kappa shape index (κ2) is 5.58. The summed E-state index contributed by atoms with van der Waals surface area (Å²) in [6, 6.07) is 3.41. The molecule has 0 bridgehead atoms. The molecule has 0 heterocycles. The van der Waals surface area contributed by atoms with Gasteiger partial charge in [0.1, 0.15) is 0 Å². The first-order valence-corrected chi connectivity index (χ1v) is 7.00. The molecule has 0 aliphatic heterocycles. The number of nitrogen functional groups attached to an aromatic ring is 1. The number of hydrogen-bond acceptors (Lipinski definition) is 2. The van der Waals surface area contributed by atoms with Crippen molar-refractivity contribution in [2.45, 2.75) is 45.2 Å². The molecule has 0 unspecified atom stereocenters. The summed E-state index contributed by atoms with van der Waals surface area (Å²) in [7, 11) is 0. The van der Waals surface area contributed by atoms with Crippen molar-refractivity contribution in [1.29, 1.82) is 0 Å². The lowest BCUT2D eigenvalue weighted by Crippen LogP contribution is -2.35. The predicted molar refractivity (Wildman–Crippen MR) is 75.7 cm³/mol. The average molecular weight is 300 g/mol. The fourth-order valence-electron chi connectivity index (χ4n) is 2.74. The normalized spacial score (nSPS) is 18.3. The number of carbonyl (C=O) groups excluding carboxylic acids is 1. The Bertz CT molecular complexity index is 534. The van der Waals surface area contributed by atoms with Gasteiger partial charge in [0.05, 0.1) is 11.3 Å². The molecular formula is C15H19F3N2O. The number of alkyl halides is 3. The quantitative estimate of drug-likeness (QED) is 0.804. The highest BCUT2D eigenvalue weighted by Crippen LogP contribution is 2.39. The zero-order valence-corrected chi connectivity index (χ0v) is 11.9. The molecule has 21 heavy (non-hydrogen) atoms. The Labute approximate surface area is 121 Å². The predicted octanol–water partition coefficient (Wildman–Crippen LogP) is 4.20. The van der Waals surface area contributed by atoms with E-state index >= 15 is 0 Å². The summed E-state index contributed by atoms with van der Waals surface area (Å²) in [5.74, 6) is -0.350. The number of nitrogens with one attached hydrogen (secondary N) is 1. The minimum Gasteiger partial charge on any atom is -0.399 e. The number of benzene rings is 1. The van der Waals surface area contributed by atoms with Gasteiger partial charge in [-0.15, -0.1) is 0 Å². The molecule has 3 nitrogen and oxygen atoms in total. The molecule has 1 fully saturated rings. The van der Waals surface area contributed by atoms with Gasteiger partial charge >= 0.3 is 6.18 Å². The van der Waals surface area contributed by atoms with Gasteiger partial charge in [-0.25, -0.2) is 0 Å². The lowest BCUT2D eigenvalue weighted by atomic mass is 9.75. The summed E-state index contributed by atoms with van der Waals surface area (Å²) in [4.78, 5) is 12.3. The lowest BCUT2D eigenvalue weighted by Gasteiger charge is -2.32. The van der Waals surface area contributed by atoms with E-state index in [4.69, 9.17) is 5.73 Å². The van der Waals surface area contributed by atoms with E-state index in [0.717, 1.165) is 25.3 Å². The summed E-state index contributed by atoms with van der Waals surface area (Å²) >= 11 is 0. The summed E-state index contributed by atoms with van der Waals surface area (Å²) in [5, 5.41) is 2.44. The van der Waals surface area contributed by atoms with Gasteiger partial charge in [0.15, 0.2) is 0 Å². The molecule has 1 aliphatic carbocycles.